The molecule has 3 aromatic rings. The van der Waals surface area contributed by atoms with Crippen molar-refractivity contribution in [1.82, 2.24) is 5.32 Å². The van der Waals surface area contributed by atoms with Gasteiger partial charge in [-0.3, -0.25) is 4.79 Å². The average Bonchev–Trinajstić information content (AvgIpc) is 3.03. The molecule has 0 radical (unpaired) electrons. The molecule has 0 bridgehead atoms. The van der Waals surface area contributed by atoms with Crippen LogP contribution in [0.3, 0.4) is 0 Å². The number of hydrogen-bond acceptors (Lipinski definition) is 3. The topological polar surface area (TPSA) is 49.3 Å². The van der Waals surface area contributed by atoms with Crippen LogP contribution in [0.2, 0.25) is 0 Å². The zero-order valence-electron chi connectivity index (χ0n) is 13.6. The minimum Gasteiger partial charge on any atom is -0.393 e. The zero-order chi connectivity index (χ0) is 16.9. The summed E-state index contributed by atoms with van der Waals surface area (Å²) in [5, 5.41) is 13.9. The quantitative estimate of drug-likeness (QED) is 0.707. The van der Waals surface area contributed by atoms with Gasteiger partial charge in [0, 0.05) is 17.2 Å². The highest BCUT2D eigenvalue weighted by Crippen LogP contribution is 2.26. The molecule has 0 aliphatic carbocycles. The minimum atomic E-state index is -0.406. The molecule has 4 heteroatoms. The molecule has 1 amide bonds. The summed E-state index contributed by atoms with van der Waals surface area (Å²) in [5.41, 5.74) is 1.13. The van der Waals surface area contributed by atoms with E-state index in [2.05, 4.69) is 5.32 Å². The van der Waals surface area contributed by atoms with E-state index in [0.717, 1.165) is 20.5 Å². The molecule has 2 unspecified atom stereocenters. The van der Waals surface area contributed by atoms with Gasteiger partial charge in [-0.2, -0.15) is 0 Å². The molecule has 0 saturated carbocycles. The number of hydrogen-bond donors (Lipinski definition) is 2. The number of fused-ring (bicyclic) bond motifs is 1. The van der Waals surface area contributed by atoms with Crippen LogP contribution in [0.4, 0.5) is 0 Å². The SMILES string of the molecule is CC(O)CC(CNC(=O)c1cc2ccccc2s1)c1ccccc1. The lowest BCUT2D eigenvalue weighted by molar-refractivity contribution is 0.0949. The number of benzene rings is 2. The standard InChI is InChI=1S/C20H21NO2S/c1-14(22)11-17(15-7-3-2-4-8-15)13-21-20(23)19-12-16-9-5-6-10-18(16)24-19/h2-10,12,14,17,22H,11,13H2,1H3,(H,21,23). The summed E-state index contributed by atoms with van der Waals surface area (Å²) in [4.78, 5) is 13.2. The molecular weight excluding hydrogens is 318 g/mol. The van der Waals surface area contributed by atoms with Crippen molar-refractivity contribution in [1.29, 1.82) is 0 Å². The van der Waals surface area contributed by atoms with Crippen molar-refractivity contribution >= 4 is 27.3 Å². The van der Waals surface area contributed by atoms with Crippen molar-refractivity contribution in [2.75, 3.05) is 6.54 Å². The molecule has 0 spiro atoms. The van der Waals surface area contributed by atoms with E-state index in [1.54, 1.807) is 6.92 Å². The predicted molar refractivity (Wildman–Crippen MR) is 99.6 cm³/mol. The van der Waals surface area contributed by atoms with E-state index in [1.165, 1.54) is 11.3 Å². The third-order valence-electron chi connectivity index (χ3n) is 4.05. The van der Waals surface area contributed by atoms with Crippen LogP contribution in [0, 0.1) is 0 Å². The minimum absolute atomic E-state index is 0.0530. The maximum Gasteiger partial charge on any atom is 0.261 e. The fourth-order valence-electron chi connectivity index (χ4n) is 2.87. The van der Waals surface area contributed by atoms with Gasteiger partial charge in [0.15, 0.2) is 0 Å². The van der Waals surface area contributed by atoms with Crippen LogP contribution in [-0.2, 0) is 0 Å². The molecule has 0 aliphatic rings. The molecule has 124 valence electrons. The first-order chi connectivity index (χ1) is 11.6. The van der Waals surface area contributed by atoms with Crippen LogP contribution in [0.25, 0.3) is 10.1 Å². The number of nitrogens with one attached hydrogen (secondary N) is 1. The second-order valence-electron chi connectivity index (χ2n) is 6.05. The van der Waals surface area contributed by atoms with Crippen LogP contribution in [0.1, 0.15) is 34.5 Å². The Kier molecular flexibility index (Phi) is 5.28. The van der Waals surface area contributed by atoms with E-state index < -0.39 is 6.10 Å². The predicted octanol–water partition coefficient (Wildman–Crippen LogP) is 4.19. The Balaban J connectivity index is 1.70. The van der Waals surface area contributed by atoms with E-state index in [4.69, 9.17) is 0 Å². The second kappa shape index (κ2) is 7.60. The van der Waals surface area contributed by atoms with Crippen LogP contribution in [-0.4, -0.2) is 23.7 Å². The van der Waals surface area contributed by atoms with E-state index in [0.29, 0.717) is 13.0 Å². The van der Waals surface area contributed by atoms with Gasteiger partial charge < -0.3 is 10.4 Å². The average molecular weight is 339 g/mol. The lowest BCUT2D eigenvalue weighted by atomic mass is 9.93. The number of amides is 1. The molecule has 0 fully saturated rings. The van der Waals surface area contributed by atoms with Crippen molar-refractivity contribution in [3.8, 4) is 0 Å². The molecule has 3 nitrogen and oxygen atoms in total. The van der Waals surface area contributed by atoms with E-state index in [-0.39, 0.29) is 11.8 Å². The first-order valence-corrected chi connectivity index (χ1v) is 8.95. The lowest BCUT2D eigenvalue weighted by Gasteiger charge is -2.19. The Morgan fingerprint density at radius 1 is 1.12 bits per heavy atom. The summed E-state index contributed by atoms with van der Waals surface area (Å²) in [5.74, 6) is 0.0484. The number of carbonyl (C=O) groups is 1. The Hall–Kier alpha value is -2.17. The summed E-state index contributed by atoms with van der Waals surface area (Å²) in [7, 11) is 0. The highest BCUT2D eigenvalue weighted by molar-refractivity contribution is 7.20. The summed E-state index contributed by atoms with van der Waals surface area (Å²) in [6.45, 7) is 2.30. The molecular formula is C20H21NO2S. The van der Waals surface area contributed by atoms with Gasteiger partial charge in [-0.15, -0.1) is 11.3 Å². The highest BCUT2D eigenvalue weighted by atomic mass is 32.1. The Morgan fingerprint density at radius 2 is 1.83 bits per heavy atom. The lowest BCUT2D eigenvalue weighted by Crippen LogP contribution is -2.29. The maximum atomic E-state index is 12.5. The third-order valence-corrected chi connectivity index (χ3v) is 5.17. The molecule has 1 heterocycles. The van der Waals surface area contributed by atoms with Gasteiger partial charge in [0.05, 0.1) is 11.0 Å². The number of rotatable bonds is 6. The molecule has 2 atom stereocenters. The second-order valence-corrected chi connectivity index (χ2v) is 7.13. The normalized spacial score (nSPS) is 13.6. The van der Waals surface area contributed by atoms with Crippen LogP contribution < -0.4 is 5.32 Å². The van der Waals surface area contributed by atoms with Crippen LogP contribution in [0.15, 0.2) is 60.7 Å². The van der Waals surface area contributed by atoms with Crippen molar-refractivity contribution < 1.29 is 9.90 Å². The fourth-order valence-corrected chi connectivity index (χ4v) is 3.85. The van der Waals surface area contributed by atoms with Crippen molar-refractivity contribution in [3.63, 3.8) is 0 Å². The molecule has 2 aromatic carbocycles. The van der Waals surface area contributed by atoms with Crippen molar-refractivity contribution in [3.05, 3.63) is 71.1 Å². The van der Waals surface area contributed by atoms with E-state index in [9.17, 15) is 9.90 Å². The molecule has 0 saturated heterocycles. The van der Waals surface area contributed by atoms with Gasteiger partial charge in [0.2, 0.25) is 0 Å². The summed E-state index contributed by atoms with van der Waals surface area (Å²) >= 11 is 1.51. The Morgan fingerprint density at radius 3 is 2.54 bits per heavy atom. The van der Waals surface area contributed by atoms with Gasteiger partial charge in [0.25, 0.3) is 5.91 Å². The smallest absolute Gasteiger partial charge is 0.261 e. The summed E-state index contributed by atoms with van der Waals surface area (Å²) in [6.07, 6.45) is 0.216. The van der Waals surface area contributed by atoms with Crippen LogP contribution in [0.5, 0.6) is 0 Å². The highest BCUT2D eigenvalue weighted by Gasteiger charge is 2.17. The molecule has 3 rings (SSSR count). The zero-order valence-corrected chi connectivity index (χ0v) is 14.4. The van der Waals surface area contributed by atoms with E-state index in [1.807, 2.05) is 60.7 Å². The monoisotopic (exact) mass is 339 g/mol. The first-order valence-electron chi connectivity index (χ1n) is 8.13. The van der Waals surface area contributed by atoms with Crippen molar-refractivity contribution in [2.45, 2.75) is 25.4 Å². The third kappa shape index (κ3) is 4.02. The van der Waals surface area contributed by atoms with Gasteiger partial charge in [-0.25, -0.2) is 0 Å². The fraction of sp³-hybridized carbons (Fsp3) is 0.250. The number of aliphatic hydroxyl groups is 1. The van der Waals surface area contributed by atoms with Gasteiger partial charge in [0.1, 0.15) is 0 Å². The number of aliphatic hydroxyl groups excluding tert-OH is 1. The summed E-state index contributed by atoms with van der Waals surface area (Å²) < 4.78 is 1.12. The Bertz CT molecular complexity index is 778. The number of carbonyl (C=O) groups excluding carboxylic acids is 1. The Labute approximate surface area is 146 Å². The summed E-state index contributed by atoms with van der Waals surface area (Å²) in [6, 6.07) is 20.0. The maximum absolute atomic E-state index is 12.5. The van der Waals surface area contributed by atoms with Gasteiger partial charge in [-0.1, -0.05) is 48.5 Å². The molecule has 2 N–H and O–H groups in total. The van der Waals surface area contributed by atoms with Gasteiger partial charge in [-0.05, 0) is 36.4 Å². The number of thiophene rings is 1. The molecule has 1 aromatic heterocycles. The molecule has 0 aliphatic heterocycles. The van der Waals surface area contributed by atoms with Crippen LogP contribution >= 0.6 is 11.3 Å². The largest absolute Gasteiger partial charge is 0.393 e. The first kappa shape index (κ1) is 16.7. The molecule has 24 heavy (non-hydrogen) atoms. The van der Waals surface area contributed by atoms with E-state index >= 15 is 0 Å². The van der Waals surface area contributed by atoms with Crippen molar-refractivity contribution in [2.24, 2.45) is 0 Å². The van der Waals surface area contributed by atoms with Gasteiger partial charge >= 0.3 is 0 Å².